The van der Waals surface area contributed by atoms with Gasteiger partial charge in [0.25, 0.3) is 0 Å². The average Bonchev–Trinajstić information content (AvgIpc) is 3.09. The molecule has 2 aromatic heterocycles. The monoisotopic (exact) mass is 313 g/mol. The number of nitriles is 1. The normalized spacial score (nSPS) is 13.2. The number of hydrogen-bond donors (Lipinski definition) is 0. The van der Waals surface area contributed by atoms with Gasteiger partial charge in [-0.3, -0.25) is 0 Å². The summed E-state index contributed by atoms with van der Waals surface area (Å²) in [6.45, 7) is 5.97. The van der Waals surface area contributed by atoms with Crippen LogP contribution in [0.4, 0.5) is 0 Å². The van der Waals surface area contributed by atoms with Gasteiger partial charge in [0.1, 0.15) is 16.9 Å². The van der Waals surface area contributed by atoms with E-state index in [1.165, 1.54) is 16.8 Å². The minimum Gasteiger partial charge on any atom is -0.361 e. The molecular formula is C17H19N3OS. The molecule has 0 atom stereocenters. The predicted octanol–water partition coefficient (Wildman–Crippen LogP) is 3.69. The summed E-state index contributed by atoms with van der Waals surface area (Å²) in [5.74, 6) is 1.76. The van der Waals surface area contributed by atoms with Crippen LogP contribution < -0.4 is 0 Å². The van der Waals surface area contributed by atoms with E-state index in [0.717, 1.165) is 59.0 Å². The first-order valence-corrected chi connectivity index (χ1v) is 8.57. The Labute approximate surface area is 134 Å². The lowest BCUT2D eigenvalue weighted by Gasteiger charge is -2.10. The summed E-state index contributed by atoms with van der Waals surface area (Å²) in [7, 11) is 0. The van der Waals surface area contributed by atoms with Gasteiger partial charge in [0.05, 0.1) is 11.3 Å². The minimum atomic E-state index is 0.754. The summed E-state index contributed by atoms with van der Waals surface area (Å²) in [5.41, 5.74) is 6.50. The summed E-state index contributed by atoms with van der Waals surface area (Å²) in [4.78, 5) is 4.75. The molecule has 0 aliphatic heterocycles. The van der Waals surface area contributed by atoms with Crippen LogP contribution in [0, 0.1) is 32.1 Å². The van der Waals surface area contributed by atoms with E-state index >= 15 is 0 Å². The highest BCUT2D eigenvalue weighted by Crippen LogP contribution is 2.32. The second-order valence-electron chi connectivity index (χ2n) is 5.71. The second kappa shape index (κ2) is 6.13. The molecule has 3 rings (SSSR count). The predicted molar refractivity (Wildman–Crippen MR) is 86.1 cm³/mol. The molecule has 0 bridgehead atoms. The highest BCUT2D eigenvalue weighted by Gasteiger charge is 2.21. The Hall–Kier alpha value is -1.80. The molecule has 22 heavy (non-hydrogen) atoms. The van der Waals surface area contributed by atoms with Crippen LogP contribution in [0.3, 0.4) is 0 Å². The van der Waals surface area contributed by atoms with E-state index in [2.05, 4.69) is 18.1 Å². The van der Waals surface area contributed by atoms with Gasteiger partial charge in [-0.2, -0.15) is 5.26 Å². The van der Waals surface area contributed by atoms with E-state index in [0.29, 0.717) is 0 Å². The molecule has 0 saturated heterocycles. The van der Waals surface area contributed by atoms with Crippen LogP contribution >= 0.6 is 11.8 Å². The highest BCUT2D eigenvalue weighted by atomic mass is 32.2. The molecule has 0 N–H and O–H groups in total. The van der Waals surface area contributed by atoms with Gasteiger partial charge in [-0.25, -0.2) is 4.98 Å². The smallest absolute Gasteiger partial charge is 0.137 e. The fourth-order valence-electron chi connectivity index (χ4n) is 3.09. The van der Waals surface area contributed by atoms with Gasteiger partial charge in [0.15, 0.2) is 0 Å². The molecule has 0 aromatic carbocycles. The van der Waals surface area contributed by atoms with Gasteiger partial charge in [-0.15, -0.1) is 11.8 Å². The lowest BCUT2D eigenvalue weighted by molar-refractivity contribution is 0.392. The van der Waals surface area contributed by atoms with E-state index < -0.39 is 0 Å². The van der Waals surface area contributed by atoms with E-state index in [1.807, 2.05) is 13.8 Å². The molecule has 1 aliphatic rings. The Morgan fingerprint density at radius 2 is 2.09 bits per heavy atom. The van der Waals surface area contributed by atoms with E-state index in [4.69, 9.17) is 9.51 Å². The fourth-order valence-corrected chi connectivity index (χ4v) is 4.11. The van der Waals surface area contributed by atoms with Crippen molar-refractivity contribution in [2.45, 2.75) is 51.5 Å². The number of aromatic nitrogens is 2. The molecule has 0 unspecified atom stereocenters. The largest absolute Gasteiger partial charge is 0.361 e. The van der Waals surface area contributed by atoms with Crippen LogP contribution in [-0.4, -0.2) is 15.9 Å². The van der Waals surface area contributed by atoms with E-state index in [-0.39, 0.29) is 0 Å². The molecule has 5 heteroatoms. The third-order valence-corrected chi connectivity index (χ3v) is 5.33. The number of fused-ring (bicyclic) bond motifs is 1. The maximum Gasteiger partial charge on any atom is 0.137 e. The van der Waals surface area contributed by atoms with Crippen LogP contribution in [0.15, 0.2) is 9.55 Å². The maximum atomic E-state index is 9.47. The first-order valence-electron chi connectivity index (χ1n) is 7.58. The number of rotatable bonds is 4. The Balaban J connectivity index is 1.79. The molecule has 4 nitrogen and oxygen atoms in total. The summed E-state index contributed by atoms with van der Waals surface area (Å²) >= 11 is 1.66. The molecular weight excluding hydrogens is 294 g/mol. The Morgan fingerprint density at radius 3 is 2.77 bits per heavy atom. The Morgan fingerprint density at radius 1 is 1.27 bits per heavy atom. The second-order valence-corrected chi connectivity index (χ2v) is 6.79. The van der Waals surface area contributed by atoms with Crippen LogP contribution in [0.5, 0.6) is 0 Å². The lowest BCUT2D eigenvalue weighted by atomic mass is 10.0. The third kappa shape index (κ3) is 2.64. The van der Waals surface area contributed by atoms with Crippen molar-refractivity contribution in [1.82, 2.24) is 10.1 Å². The van der Waals surface area contributed by atoms with Crippen molar-refractivity contribution >= 4 is 11.8 Å². The summed E-state index contributed by atoms with van der Waals surface area (Å²) in [5, 5.41) is 14.3. The zero-order valence-corrected chi connectivity index (χ0v) is 14.0. The molecule has 0 saturated carbocycles. The molecule has 0 spiro atoms. The van der Waals surface area contributed by atoms with Crippen molar-refractivity contribution in [3.05, 3.63) is 39.4 Å². The standard InChI is InChI=1S/C17H19N3OS/c1-10-13-5-4-6-16(13)19-17(15(10)9-18)22-8-7-14-11(2)20-21-12(14)3/h4-8H2,1-3H3. The summed E-state index contributed by atoms with van der Waals surface area (Å²) < 4.78 is 5.20. The molecule has 114 valence electrons. The lowest BCUT2D eigenvalue weighted by Crippen LogP contribution is -2.01. The highest BCUT2D eigenvalue weighted by molar-refractivity contribution is 7.99. The van der Waals surface area contributed by atoms with Crippen molar-refractivity contribution in [3.8, 4) is 6.07 Å². The molecule has 1 aliphatic carbocycles. The van der Waals surface area contributed by atoms with Crippen LogP contribution in [0.25, 0.3) is 0 Å². The van der Waals surface area contributed by atoms with Crippen LogP contribution in [0.2, 0.25) is 0 Å². The number of hydrogen-bond acceptors (Lipinski definition) is 5. The zero-order chi connectivity index (χ0) is 15.7. The minimum absolute atomic E-state index is 0.754. The molecule has 2 heterocycles. The summed E-state index contributed by atoms with van der Waals surface area (Å²) in [6, 6.07) is 2.35. The zero-order valence-electron chi connectivity index (χ0n) is 13.2. The maximum absolute atomic E-state index is 9.47. The number of nitrogens with zero attached hydrogens (tertiary/aromatic N) is 3. The molecule has 0 amide bonds. The van der Waals surface area contributed by atoms with Gasteiger partial charge in [-0.05, 0) is 57.6 Å². The van der Waals surface area contributed by atoms with Gasteiger partial charge in [0, 0.05) is 17.0 Å². The van der Waals surface area contributed by atoms with Gasteiger partial charge >= 0.3 is 0 Å². The van der Waals surface area contributed by atoms with Gasteiger partial charge in [0.2, 0.25) is 0 Å². The number of pyridine rings is 1. The van der Waals surface area contributed by atoms with Gasteiger partial charge < -0.3 is 4.52 Å². The molecule has 0 fully saturated rings. The van der Waals surface area contributed by atoms with Crippen molar-refractivity contribution in [1.29, 1.82) is 5.26 Å². The first-order chi connectivity index (χ1) is 10.6. The van der Waals surface area contributed by atoms with Crippen molar-refractivity contribution in [2.75, 3.05) is 5.75 Å². The van der Waals surface area contributed by atoms with E-state index in [1.54, 1.807) is 11.8 Å². The number of aryl methyl sites for hydroxylation is 3. The average molecular weight is 313 g/mol. The van der Waals surface area contributed by atoms with Crippen LogP contribution in [0.1, 0.15) is 45.8 Å². The first kappa shape index (κ1) is 15.1. The Kier molecular flexibility index (Phi) is 4.21. The number of thioether (sulfide) groups is 1. The SMILES string of the molecule is Cc1noc(C)c1CCSc1nc2c(c(C)c1C#N)CCC2. The van der Waals surface area contributed by atoms with Crippen LogP contribution in [-0.2, 0) is 19.3 Å². The van der Waals surface area contributed by atoms with E-state index in [9.17, 15) is 5.26 Å². The van der Waals surface area contributed by atoms with Crippen molar-refractivity contribution in [2.24, 2.45) is 0 Å². The molecule has 0 radical (unpaired) electrons. The third-order valence-electron chi connectivity index (χ3n) is 4.35. The summed E-state index contributed by atoms with van der Waals surface area (Å²) in [6.07, 6.45) is 4.14. The topological polar surface area (TPSA) is 62.7 Å². The van der Waals surface area contributed by atoms with Crippen molar-refractivity contribution < 1.29 is 4.52 Å². The fraction of sp³-hybridized carbons (Fsp3) is 0.471. The molecule has 2 aromatic rings. The van der Waals surface area contributed by atoms with Crippen molar-refractivity contribution in [3.63, 3.8) is 0 Å². The quantitative estimate of drug-likeness (QED) is 0.806. The van der Waals surface area contributed by atoms with Gasteiger partial charge in [-0.1, -0.05) is 5.16 Å². The Bertz CT molecular complexity index is 739.